The van der Waals surface area contributed by atoms with Gasteiger partial charge >= 0.3 is 0 Å². The van der Waals surface area contributed by atoms with E-state index in [1.165, 1.54) is 11.8 Å². The number of allylic oxidation sites excluding steroid dienone is 1. The Hall–Kier alpha value is -3.01. The molecule has 1 aromatic heterocycles. The Morgan fingerprint density at radius 1 is 1.14 bits per heavy atom. The minimum atomic E-state index is -0.700. The summed E-state index contributed by atoms with van der Waals surface area (Å²) >= 11 is 1.46. The number of aryl methyl sites for hydroxylation is 1. The lowest BCUT2D eigenvalue weighted by Gasteiger charge is -2.28. The molecular weight excluding hydrogens is 464 g/mol. The first-order valence-electron chi connectivity index (χ1n) is 11.7. The molecule has 1 unspecified atom stereocenters. The van der Waals surface area contributed by atoms with Crippen LogP contribution < -0.4 is 14.4 Å². The first kappa shape index (κ1) is 25.1. The molecule has 0 radical (unpaired) electrons. The third-order valence-electron chi connectivity index (χ3n) is 5.65. The van der Waals surface area contributed by atoms with Gasteiger partial charge in [0.1, 0.15) is 6.61 Å². The number of hydrogen-bond acceptors (Lipinski definition) is 8. The second kappa shape index (κ2) is 12.1. The molecule has 0 saturated carbocycles. The van der Waals surface area contributed by atoms with E-state index in [0.29, 0.717) is 30.5 Å². The summed E-state index contributed by atoms with van der Waals surface area (Å²) < 4.78 is 18.9. The van der Waals surface area contributed by atoms with Crippen LogP contribution >= 0.6 is 11.8 Å². The Morgan fingerprint density at radius 3 is 2.69 bits per heavy atom. The molecule has 4 rings (SSSR count). The van der Waals surface area contributed by atoms with Crippen molar-refractivity contribution in [1.82, 2.24) is 14.8 Å². The van der Waals surface area contributed by atoms with Gasteiger partial charge in [0.05, 0.1) is 32.1 Å². The van der Waals surface area contributed by atoms with Gasteiger partial charge in [-0.05, 0) is 43.2 Å². The van der Waals surface area contributed by atoms with Crippen molar-refractivity contribution >= 4 is 23.8 Å². The van der Waals surface area contributed by atoms with Crippen LogP contribution in [-0.4, -0.2) is 71.7 Å². The van der Waals surface area contributed by atoms with E-state index in [1.807, 2.05) is 49.4 Å². The van der Waals surface area contributed by atoms with Crippen LogP contribution in [0, 0.1) is 6.92 Å². The van der Waals surface area contributed by atoms with E-state index in [1.54, 1.807) is 7.11 Å². The van der Waals surface area contributed by atoms with Crippen LogP contribution in [0.4, 0.5) is 5.95 Å². The van der Waals surface area contributed by atoms with Crippen molar-refractivity contribution in [3.05, 3.63) is 59.7 Å². The van der Waals surface area contributed by atoms with Gasteiger partial charge in [0.25, 0.3) is 0 Å². The minimum absolute atomic E-state index is 0.140. The fourth-order valence-corrected chi connectivity index (χ4v) is 4.70. The van der Waals surface area contributed by atoms with Crippen LogP contribution in [0.25, 0.3) is 11.8 Å². The molecule has 2 aromatic carbocycles. The summed E-state index contributed by atoms with van der Waals surface area (Å²) in [5.74, 6) is 2.44. The highest BCUT2D eigenvalue weighted by Crippen LogP contribution is 2.31. The van der Waals surface area contributed by atoms with Gasteiger partial charge in [-0.25, -0.2) is 0 Å². The molecule has 1 saturated heterocycles. The van der Waals surface area contributed by atoms with E-state index in [2.05, 4.69) is 38.7 Å². The maximum atomic E-state index is 10.7. The molecule has 1 fully saturated rings. The second-order valence-corrected chi connectivity index (χ2v) is 9.18. The van der Waals surface area contributed by atoms with Crippen LogP contribution in [0.3, 0.4) is 0 Å². The van der Waals surface area contributed by atoms with E-state index < -0.39 is 6.10 Å². The molecule has 1 atom stereocenters. The molecular formula is C26H32N4O4S. The predicted octanol–water partition coefficient (Wildman–Crippen LogP) is 3.99. The Balaban J connectivity index is 1.46. The van der Waals surface area contributed by atoms with E-state index in [-0.39, 0.29) is 6.61 Å². The molecule has 3 aromatic rings. The monoisotopic (exact) mass is 496 g/mol. The average molecular weight is 497 g/mol. The number of anilines is 1. The Bertz CT molecular complexity index is 1140. The quantitative estimate of drug-likeness (QED) is 0.422. The summed E-state index contributed by atoms with van der Waals surface area (Å²) in [6.45, 7) is 7.04. The molecule has 0 amide bonds. The van der Waals surface area contributed by atoms with Crippen LogP contribution in [0.2, 0.25) is 0 Å². The zero-order valence-electron chi connectivity index (χ0n) is 20.4. The van der Waals surface area contributed by atoms with E-state index in [0.717, 1.165) is 41.0 Å². The fourth-order valence-electron chi connectivity index (χ4n) is 3.85. The Kier molecular flexibility index (Phi) is 8.68. The minimum Gasteiger partial charge on any atom is -0.493 e. The number of ether oxygens (including phenoxy) is 3. The highest BCUT2D eigenvalue weighted by molar-refractivity contribution is 7.99. The van der Waals surface area contributed by atoms with Gasteiger partial charge in [0, 0.05) is 18.8 Å². The SMILES string of the molecule is C/C=C/c1ccc(OCC(O)CSc2nnc(N3CCOCC3)n2-c2ccccc2C)c(OC)c1. The number of hydrogen-bond donors (Lipinski definition) is 1. The summed E-state index contributed by atoms with van der Waals surface area (Å²) in [5.41, 5.74) is 3.18. The molecule has 1 aliphatic heterocycles. The normalized spacial score (nSPS) is 14.9. The molecule has 8 nitrogen and oxygen atoms in total. The van der Waals surface area contributed by atoms with Gasteiger partial charge in [-0.3, -0.25) is 4.57 Å². The second-order valence-electron chi connectivity index (χ2n) is 8.19. The van der Waals surface area contributed by atoms with Gasteiger partial charge in [-0.15, -0.1) is 10.2 Å². The molecule has 9 heteroatoms. The maximum absolute atomic E-state index is 10.7. The number of aliphatic hydroxyl groups excluding tert-OH is 1. The third kappa shape index (κ3) is 6.17. The lowest BCUT2D eigenvalue weighted by Crippen LogP contribution is -2.38. The topological polar surface area (TPSA) is 81.9 Å². The Labute approximate surface area is 210 Å². The molecule has 0 bridgehead atoms. The highest BCUT2D eigenvalue weighted by atomic mass is 32.2. The number of aliphatic hydroxyl groups is 1. The predicted molar refractivity (Wildman–Crippen MR) is 139 cm³/mol. The van der Waals surface area contributed by atoms with Crippen molar-refractivity contribution in [2.75, 3.05) is 50.7 Å². The summed E-state index contributed by atoms with van der Waals surface area (Å²) in [4.78, 5) is 2.19. The van der Waals surface area contributed by atoms with Gasteiger partial charge in [0.2, 0.25) is 5.95 Å². The van der Waals surface area contributed by atoms with E-state index in [4.69, 9.17) is 14.2 Å². The number of aromatic nitrogens is 3. The molecule has 35 heavy (non-hydrogen) atoms. The van der Waals surface area contributed by atoms with Gasteiger partial charge in [0.15, 0.2) is 16.7 Å². The van der Waals surface area contributed by atoms with Gasteiger partial charge in [-0.1, -0.05) is 48.2 Å². The number of nitrogens with zero attached hydrogens (tertiary/aromatic N) is 4. The van der Waals surface area contributed by atoms with Crippen LogP contribution in [0.1, 0.15) is 18.1 Å². The van der Waals surface area contributed by atoms with Crippen molar-refractivity contribution in [1.29, 1.82) is 0 Å². The molecule has 1 aliphatic rings. The van der Waals surface area contributed by atoms with Gasteiger partial charge in [-0.2, -0.15) is 0 Å². The summed E-state index contributed by atoms with van der Waals surface area (Å²) in [7, 11) is 1.61. The maximum Gasteiger partial charge on any atom is 0.232 e. The first-order chi connectivity index (χ1) is 17.1. The summed E-state index contributed by atoms with van der Waals surface area (Å²) in [5, 5.41) is 20.4. The van der Waals surface area contributed by atoms with Crippen molar-refractivity contribution in [3.8, 4) is 17.2 Å². The fraction of sp³-hybridized carbons (Fsp3) is 0.385. The number of rotatable bonds is 10. The molecule has 1 N–H and O–H groups in total. The summed E-state index contributed by atoms with van der Waals surface area (Å²) in [6, 6.07) is 13.9. The van der Waals surface area contributed by atoms with E-state index >= 15 is 0 Å². The average Bonchev–Trinajstić information content (AvgIpc) is 3.31. The van der Waals surface area contributed by atoms with Crippen LogP contribution in [0.5, 0.6) is 11.5 Å². The lowest BCUT2D eigenvalue weighted by atomic mass is 10.2. The van der Waals surface area contributed by atoms with Crippen molar-refractivity contribution in [2.24, 2.45) is 0 Å². The van der Waals surface area contributed by atoms with Crippen LogP contribution in [0.15, 0.2) is 53.7 Å². The first-order valence-corrected chi connectivity index (χ1v) is 12.7. The number of methoxy groups -OCH3 is 1. The third-order valence-corrected chi connectivity index (χ3v) is 6.72. The highest BCUT2D eigenvalue weighted by Gasteiger charge is 2.23. The molecule has 186 valence electrons. The smallest absolute Gasteiger partial charge is 0.232 e. The van der Waals surface area contributed by atoms with Crippen molar-refractivity contribution in [2.45, 2.75) is 25.1 Å². The van der Waals surface area contributed by atoms with E-state index in [9.17, 15) is 5.11 Å². The largest absolute Gasteiger partial charge is 0.493 e. The number of thioether (sulfide) groups is 1. The number of para-hydroxylation sites is 1. The van der Waals surface area contributed by atoms with Crippen molar-refractivity contribution < 1.29 is 19.3 Å². The molecule has 0 aliphatic carbocycles. The molecule has 2 heterocycles. The summed E-state index contributed by atoms with van der Waals surface area (Å²) in [6.07, 6.45) is 3.26. The number of benzene rings is 2. The lowest BCUT2D eigenvalue weighted by molar-refractivity contribution is 0.122. The standard InChI is InChI=1S/C26H32N4O4S/c1-4-7-20-10-11-23(24(16-20)32-3)34-17-21(31)18-35-26-28-27-25(29-12-14-33-15-13-29)30(26)22-9-6-5-8-19(22)2/h4-11,16,21,31H,12-15,17-18H2,1-3H3/b7-4+. The van der Waals surface area contributed by atoms with Gasteiger partial charge < -0.3 is 24.2 Å². The zero-order chi connectivity index (χ0) is 24.6. The number of morpholine rings is 1. The molecule has 0 spiro atoms. The van der Waals surface area contributed by atoms with Crippen LogP contribution in [-0.2, 0) is 4.74 Å². The van der Waals surface area contributed by atoms with Crippen molar-refractivity contribution in [3.63, 3.8) is 0 Å². The zero-order valence-corrected chi connectivity index (χ0v) is 21.2. The Morgan fingerprint density at radius 2 is 1.94 bits per heavy atom.